The summed E-state index contributed by atoms with van der Waals surface area (Å²) in [5.74, 6) is 0.973. The minimum Gasteiger partial charge on any atom is -0.468 e. The molecule has 3 heterocycles. The number of morpholine rings is 1. The molecule has 4 nitrogen and oxygen atoms in total. The SMILES string of the molecule is CC(N)C(c1ccco1)N1CC2CCC(C1)O2. The average Bonchev–Trinajstić information content (AvgIpc) is 2.89. The van der Waals surface area contributed by atoms with Crippen LogP contribution in [-0.4, -0.2) is 36.2 Å². The molecule has 4 atom stereocenters. The van der Waals surface area contributed by atoms with Gasteiger partial charge in [-0.15, -0.1) is 0 Å². The summed E-state index contributed by atoms with van der Waals surface area (Å²) in [6, 6.07) is 4.20. The predicted octanol–water partition coefficient (Wildman–Crippen LogP) is 1.53. The lowest BCUT2D eigenvalue weighted by Crippen LogP contribution is -2.48. The van der Waals surface area contributed by atoms with Gasteiger partial charge in [-0.1, -0.05) is 0 Å². The zero-order chi connectivity index (χ0) is 11.8. The Morgan fingerprint density at radius 1 is 1.35 bits per heavy atom. The normalized spacial score (nSPS) is 32.6. The number of hydrogen-bond acceptors (Lipinski definition) is 4. The maximum atomic E-state index is 6.13. The molecule has 0 spiro atoms. The summed E-state index contributed by atoms with van der Waals surface area (Å²) in [5, 5.41) is 0. The molecule has 2 bridgehead atoms. The molecule has 94 valence electrons. The van der Waals surface area contributed by atoms with Crippen molar-refractivity contribution in [2.75, 3.05) is 13.1 Å². The Hall–Kier alpha value is -0.840. The van der Waals surface area contributed by atoms with Crippen molar-refractivity contribution < 1.29 is 9.15 Å². The van der Waals surface area contributed by atoms with Gasteiger partial charge in [-0.3, -0.25) is 4.90 Å². The molecule has 2 saturated heterocycles. The van der Waals surface area contributed by atoms with Crippen molar-refractivity contribution in [1.82, 2.24) is 4.90 Å². The zero-order valence-electron chi connectivity index (χ0n) is 10.2. The van der Waals surface area contributed by atoms with Crippen LogP contribution < -0.4 is 5.73 Å². The van der Waals surface area contributed by atoms with Gasteiger partial charge in [0.25, 0.3) is 0 Å². The fourth-order valence-corrected chi connectivity index (χ4v) is 3.10. The predicted molar refractivity (Wildman–Crippen MR) is 64.6 cm³/mol. The van der Waals surface area contributed by atoms with Gasteiger partial charge in [0.1, 0.15) is 5.76 Å². The van der Waals surface area contributed by atoms with Crippen molar-refractivity contribution in [3.63, 3.8) is 0 Å². The highest BCUT2D eigenvalue weighted by molar-refractivity contribution is 5.08. The van der Waals surface area contributed by atoms with E-state index in [2.05, 4.69) is 4.90 Å². The molecule has 0 aromatic carbocycles. The van der Waals surface area contributed by atoms with Crippen molar-refractivity contribution in [2.45, 2.75) is 44.1 Å². The van der Waals surface area contributed by atoms with Crippen LogP contribution in [0.4, 0.5) is 0 Å². The van der Waals surface area contributed by atoms with Crippen LogP contribution in [0.1, 0.15) is 31.6 Å². The van der Waals surface area contributed by atoms with Crippen LogP contribution in [0.25, 0.3) is 0 Å². The van der Waals surface area contributed by atoms with Crippen LogP contribution in [-0.2, 0) is 4.74 Å². The van der Waals surface area contributed by atoms with Crippen molar-refractivity contribution in [3.8, 4) is 0 Å². The zero-order valence-corrected chi connectivity index (χ0v) is 10.2. The van der Waals surface area contributed by atoms with Gasteiger partial charge in [0, 0.05) is 19.1 Å². The molecule has 0 saturated carbocycles. The van der Waals surface area contributed by atoms with E-state index in [9.17, 15) is 0 Å². The Morgan fingerprint density at radius 3 is 2.59 bits per heavy atom. The van der Waals surface area contributed by atoms with Crippen LogP contribution in [0.15, 0.2) is 22.8 Å². The first kappa shape index (κ1) is 11.3. The maximum Gasteiger partial charge on any atom is 0.122 e. The second-order valence-electron chi connectivity index (χ2n) is 5.23. The molecule has 0 amide bonds. The van der Waals surface area contributed by atoms with E-state index in [1.807, 2.05) is 19.1 Å². The molecule has 2 aliphatic heterocycles. The third-order valence-corrected chi connectivity index (χ3v) is 3.80. The van der Waals surface area contributed by atoms with E-state index in [1.54, 1.807) is 6.26 Å². The van der Waals surface area contributed by atoms with Crippen LogP contribution in [0.2, 0.25) is 0 Å². The van der Waals surface area contributed by atoms with Crippen LogP contribution in [0.5, 0.6) is 0 Å². The van der Waals surface area contributed by atoms with Crippen molar-refractivity contribution >= 4 is 0 Å². The fraction of sp³-hybridized carbons (Fsp3) is 0.692. The number of furan rings is 1. The summed E-state index contributed by atoms with van der Waals surface area (Å²) in [6.45, 7) is 4.00. The maximum absolute atomic E-state index is 6.13. The van der Waals surface area contributed by atoms with E-state index >= 15 is 0 Å². The highest BCUT2D eigenvalue weighted by atomic mass is 16.5. The molecule has 1 aromatic rings. The second kappa shape index (κ2) is 4.44. The van der Waals surface area contributed by atoms with E-state index in [4.69, 9.17) is 14.9 Å². The summed E-state index contributed by atoms with van der Waals surface area (Å²) >= 11 is 0. The van der Waals surface area contributed by atoms with Crippen molar-refractivity contribution in [3.05, 3.63) is 24.2 Å². The van der Waals surface area contributed by atoms with Crippen molar-refractivity contribution in [1.29, 1.82) is 0 Å². The standard InChI is InChI=1S/C13H20N2O2/c1-9(14)13(12-3-2-6-16-12)15-7-10-4-5-11(8-15)17-10/h2-3,6,9-11,13H,4-5,7-8,14H2,1H3. The van der Waals surface area contributed by atoms with Gasteiger partial charge >= 0.3 is 0 Å². The Labute approximate surface area is 102 Å². The largest absolute Gasteiger partial charge is 0.468 e. The topological polar surface area (TPSA) is 51.6 Å². The van der Waals surface area contributed by atoms with E-state index in [1.165, 1.54) is 12.8 Å². The molecule has 1 aromatic heterocycles. The van der Waals surface area contributed by atoms with Gasteiger partial charge in [0.2, 0.25) is 0 Å². The number of rotatable bonds is 3. The van der Waals surface area contributed by atoms with E-state index in [0.717, 1.165) is 18.8 Å². The molecule has 2 fully saturated rings. The number of nitrogens with zero attached hydrogens (tertiary/aromatic N) is 1. The molecule has 2 aliphatic rings. The number of ether oxygens (including phenoxy) is 1. The minimum absolute atomic E-state index is 0.0682. The van der Waals surface area contributed by atoms with Gasteiger partial charge in [0.15, 0.2) is 0 Å². The lowest BCUT2D eigenvalue weighted by molar-refractivity contribution is -0.0587. The highest BCUT2D eigenvalue weighted by Gasteiger charge is 2.38. The molecule has 2 N–H and O–H groups in total. The summed E-state index contributed by atoms with van der Waals surface area (Å²) in [5.41, 5.74) is 6.13. The summed E-state index contributed by atoms with van der Waals surface area (Å²) in [7, 11) is 0. The summed E-state index contributed by atoms with van der Waals surface area (Å²) in [4.78, 5) is 2.43. The molecule has 4 heteroatoms. The number of likely N-dealkylation sites (tertiary alicyclic amines) is 1. The lowest BCUT2D eigenvalue weighted by Gasteiger charge is -2.38. The Morgan fingerprint density at radius 2 is 2.06 bits per heavy atom. The molecule has 17 heavy (non-hydrogen) atoms. The van der Waals surface area contributed by atoms with Crippen LogP contribution >= 0.6 is 0 Å². The van der Waals surface area contributed by atoms with Gasteiger partial charge in [-0.05, 0) is 31.9 Å². The highest BCUT2D eigenvalue weighted by Crippen LogP contribution is 2.33. The Bertz CT molecular complexity index is 352. The lowest BCUT2D eigenvalue weighted by atomic mass is 10.0. The quantitative estimate of drug-likeness (QED) is 0.864. The van der Waals surface area contributed by atoms with Gasteiger partial charge in [0.05, 0.1) is 24.5 Å². The smallest absolute Gasteiger partial charge is 0.122 e. The summed E-state index contributed by atoms with van der Waals surface area (Å²) in [6.07, 6.45) is 4.88. The van der Waals surface area contributed by atoms with Gasteiger partial charge in [-0.2, -0.15) is 0 Å². The molecule has 3 rings (SSSR count). The first-order valence-corrected chi connectivity index (χ1v) is 6.42. The number of hydrogen-bond donors (Lipinski definition) is 1. The minimum atomic E-state index is 0.0682. The molecule has 0 radical (unpaired) electrons. The van der Waals surface area contributed by atoms with E-state index in [0.29, 0.717) is 12.2 Å². The molecule has 0 aliphatic carbocycles. The Kier molecular flexibility index (Phi) is 2.94. The first-order chi connectivity index (χ1) is 8.24. The Balaban J connectivity index is 1.80. The molecular weight excluding hydrogens is 216 g/mol. The second-order valence-corrected chi connectivity index (χ2v) is 5.23. The molecule has 4 unspecified atom stereocenters. The monoisotopic (exact) mass is 236 g/mol. The third-order valence-electron chi connectivity index (χ3n) is 3.80. The number of fused-ring (bicyclic) bond motifs is 2. The van der Waals surface area contributed by atoms with Crippen LogP contribution in [0, 0.1) is 0 Å². The fourth-order valence-electron chi connectivity index (χ4n) is 3.10. The number of nitrogens with two attached hydrogens (primary N) is 1. The first-order valence-electron chi connectivity index (χ1n) is 6.42. The average molecular weight is 236 g/mol. The van der Waals surface area contributed by atoms with Crippen LogP contribution in [0.3, 0.4) is 0 Å². The summed E-state index contributed by atoms with van der Waals surface area (Å²) < 4.78 is 11.4. The third kappa shape index (κ3) is 2.12. The van der Waals surface area contributed by atoms with Crippen molar-refractivity contribution in [2.24, 2.45) is 5.73 Å². The van der Waals surface area contributed by atoms with E-state index < -0.39 is 0 Å². The van der Waals surface area contributed by atoms with Gasteiger partial charge < -0.3 is 14.9 Å². The molecular formula is C13H20N2O2. The van der Waals surface area contributed by atoms with E-state index in [-0.39, 0.29) is 12.1 Å². The van der Waals surface area contributed by atoms with Gasteiger partial charge in [-0.25, -0.2) is 0 Å².